The number of nitrogens with one attached hydrogen (secondary N) is 3. The maximum absolute atomic E-state index is 13.1. The largest absolute Gasteiger partial charge is 0.339 e. The van der Waals surface area contributed by atoms with Crippen molar-refractivity contribution in [3.05, 3.63) is 42.0 Å². The minimum Gasteiger partial charge on any atom is -0.339 e. The summed E-state index contributed by atoms with van der Waals surface area (Å²) in [6.07, 6.45) is 0. The van der Waals surface area contributed by atoms with E-state index in [9.17, 15) is 13.6 Å². The first-order valence-electron chi connectivity index (χ1n) is 6.57. The molecule has 0 spiro atoms. The fraction of sp³-hybridized carbons (Fsp3) is 0.214. The van der Waals surface area contributed by atoms with Crippen LogP contribution in [0.5, 0.6) is 0 Å². The average Bonchev–Trinajstić information content (AvgIpc) is 2.44. The van der Waals surface area contributed by atoms with Crippen molar-refractivity contribution in [1.82, 2.24) is 15.5 Å². The van der Waals surface area contributed by atoms with E-state index in [-0.39, 0.29) is 17.9 Å². The molecule has 0 saturated carbocycles. The zero-order chi connectivity index (χ0) is 16.1. The average molecular weight is 307 g/mol. The number of benzene rings is 1. The summed E-state index contributed by atoms with van der Waals surface area (Å²) in [7, 11) is 0. The zero-order valence-electron chi connectivity index (χ0n) is 12.0. The van der Waals surface area contributed by atoms with Crippen molar-refractivity contribution in [2.24, 2.45) is 0 Å². The van der Waals surface area contributed by atoms with Crippen molar-refractivity contribution in [1.29, 1.82) is 0 Å². The highest BCUT2D eigenvalue weighted by Crippen LogP contribution is 2.17. The van der Waals surface area contributed by atoms with Crippen molar-refractivity contribution in [3.8, 4) is 0 Å². The summed E-state index contributed by atoms with van der Waals surface area (Å²) in [6, 6.07) is 6.11. The number of aromatic nitrogens is 2. The maximum atomic E-state index is 13.1. The van der Waals surface area contributed by atoms with Gasteiger partial charge in [0, 0.05) is 17.8 Å². The smallest absolute Gasteiger partial charge is 0.320 e. The van der Waals surface area contributed by atoms with Crippen LogP contribution in [-0.2, 0) is 0 Å². The van der Waals surface area contributed by atoms with E-state index >= 15 is 0 Å². The van der Waals surface area contributed by atoms with Crippen LogP contribution in [0.2, 0.25) is 0 Å². The summed E-state index contributed by atoms with van der Waals surface area (Å²) in [6.45, 7) is 3.67. The molecule has 0 bridgehead atoms. The van der Waals surface area contributed by atoms with E-state index in [1.165, 1.54) is 12.1 Å². The first kappa shape index (κ1) is 15.6. The number of hydrogen-bond acceptors (Lipinski definition) is 4. The third-order valence-electron chi connectivity index (χ3n) is 2.52. The molecule has 2 aromatic rings. The molecular weight excluding hydrogens is 292 g/mol. The summed E-state index contributed by atoms with van der Waals surface area (Å²) in [4.78, 5) is 11.5. The normalized spacial score (nSPS) is 10.4. The predicted molar refractivity (Wildman–Crippen MR) is 79.0 cm³/mol. The SMILES string of the molecule is CC(C)NC(=O)Nc1ccc(Nc2ccc(F)c(F)c2)nn1. The van der Waals surface area contributed by atoms with Crippen LogP contribution in [-0.4, -0.2) is 22.3 Å². The van der Waals surface area contributed by atoms with Crippen molar-refractivity contribution in [2.45, 2.75) is 19.9 Å². The predicted octanol–water partition coefficient (Wildman–Crippen LogP) is 3.03. The number of rotatable bonds is 4. The molecule has 3 N–H and O–H groups in total. The Morgan fingerprint density at radius 2 is 1.73 bits per heavy atom. The molecule has 0 atom stereocenters. The first-order valence-corrected chi connectivity index (χ1v) is 6.57. The van der Waals surface area contributed by atoms with Crippen molar-refractivity contribution in [2.75, 3.05) is 10.6 Å². The monoisotopic (exact) mass is 307 g/mol. The number of hydrogen-bond donors (Lipinski definition) is 3. The zero-order valence-corrected chi connectivity index (χ0v) is 12.0. The van der Waals surface area contributed by atoms with Crippen molar-refractivity contribution in [3.63, 3.8) is 0 Å². The highest BCUT2D eigenvalue weighted by atomic mass is 19.2. The molecule has 116 valence electrons. The van der Waals surface area contributed by atoms with Crippen LogP contribution in [0.1, 0.15) is 13.8 Å². The number of urea groups is 1. The van der Waals surface area contributed by atoms with Crippen LogP contribution in [0.15, 0.2) is 30.3 Å². The highest BCUT2D eigenvalue weighted by molar-refractivity contribution is 5.88. The molecule has 1 aromatic carbocycles. The van der Waals surface area contributed by atoms with Crippen LogP contribution < -0.4 is 16.0 Å². The summed E-state index contributed by atoms with van der Waals surface area (Å²) in [5.74, 6) is -1.27. The standard InChI is InChI=1S/C14H15F2N5O/c1-8(2)17-14(22)19-13-6-5-12(20-21-13)18-9-3-4-10(15)11(16)7-9/h3-8H,1-2H3,(H,18,20)(H2,17,19,21,22). The van der Waals surface area contributed by atoms with E-state index < -0.39 is 11.6 Å². The second-order valence-corrected chi connectivity index (χ2v) is 4.81. The molecule has 1 heterocycles. The summed E-state index contributed by atoms with van der Waals surface area (Å²) in [5, 5.41) is 15.6. The molecule has 0 aliphatic rings. The molecule has 0 aliphatic heterocycles. The molecule has 6 nitrogen and oxygen atoms in total. The molecule has 0 aliphatic carbocycles. The van der Waals surface area contributed by atoms with Gasteiger partial charge in [-0.05, 0) is 38.1 Å². The van der Waals surface area contributed by atoms with E-state index in [2.05, 4.69) is 26.1 Å². The minimum absolute atomic E-state index is 0.00210. The van der Waals surface area contributed by atoms with Gasteiger partial charge in [0.1, 0.15) is 0 Å². The van der Waals surface area contributed by atoms with Gasteiger partial charge in [0.15, 0.2) is 23.3 Å². The lowest BCUT2D eigenvalue weighted by Gasteiger charge is -2.09. The van der Waals surface area contributed by atoms with Gasteiger partial charge in [-0.25, -0.2) is 13.6 Å². The maximum Gasteiger partial charge on any atom is 0.320 e. The number of carbonyl (C=O) groups excluding carboxylic acids is 1. The second-order valence-electron chi connectivity index (χ2n) is 4.81. The van der Waals surface area contributed by atoms with Gasteiger partial charge in [-0.1, -0.05) is 0 Å². The number of halogens is 2. The molecule has 8 heteroatoms. The van der Waals surface area contributed by atoms with Gasteiger partial charge >= 0.3 is 6.03 Å². The van der Waals surface area contributed by atoms with Gasteiger partial charge in [-0.15, -0.1) is 10.2 Å². The molecule has 0 unspecified atom stereocenters. The van der Waals surface area contributed by atoms with Crippen molar-refractivity contribution >= 4 is 23.4 Å². The summed E-state index contributed by atoms with van der Waals surface area (Å²) >= 11 is 0. The lowest BCUT2D eigenvalue weighted by atomic mass is 10.3. The Balaban J connectivity index is 1.99. The van der Waals surface area contributed by atoms with Crippen molar-refractivity contribution < 1.29 is 13.6 Å². The van der Waals surface area contributed by atoms with Crippen LogP contribution >= 0.6 is 0 Å². The number of nitrogens with zero attached hydrogens (tertiary/aromatic N) is 2. The molecule has 0 fully saturated rings. The van der Waals surface area contributed by atoms with Gasteiger partial charge in [-0.2, -0.15) is 0 Å². The fourth-order valence-electron chi connectivity index (χ4n) is 1.60. The quantitative estimate of drug-likeness (QED) is 0.811. The van der Waals surface area contributed by atoms with Crippen LogP contribution in [0.3, 0.4) is 0 Å². The number of amides is 2. The van der Waals surface area contributed by atoms with Gasteiger partial charge in [0.25, 0.3) is 0 Å². The molecule has 2 amide bonds. The Bertz CT molecular complexity index is 661. The molecule has 1 aromatic heterocycles. The van der Waals surface area contributed by atoms with Crippen LogP contribution in [0.4, 0.5) is 30.9 Å². The van der Waals surface area contributed by atoms with Crippen LogP contribution in [0, 0.1) is 11.6 Å². The van der Waals surface area contributed by atoms with E-state index in [0.717, 1.165) is 12.1 Å². The topological polar surface area (TPSA) is 78.9 Å². The Labute approximate surface area is 125 Å². The van der Waals surface area contributed by atoms with E-state index in [1.54, 1.807) is 6.07 Å². The second kappa shape index (κ2) is 6.79. The molecule has 0 saturated heterocycles. The van der Waals surface area contributed by atoms with Gasteiger partial charge in [-0.3, -0.25) is 5.32 Å². The summed E-state index contributed by atoms with van der Waals surface area (Å²) in [5.41, 5.74) is 0.339. The lowest BCUT2D eigenvalue weighted by Crippen LogP contribution is -2.34. The minimum atomic E-state index is -0.957. The van der Waals surface area contributed by atoms with E-state index in [1.807, 2.05) is 13.8 Å². The third-order valence-corrected chi connectivity index (χ3v) is 2.52. The Morgan fingerprint density at radius 1 is 1.05 bits per heavy atom. The molecule has 0 radical (unpaired) electrons. The molecule has 2 rings (SSSR count). The molecular formula is C14H15F2N5O. The van der Waals surface area contributed by atoms with E-state index in [0.29, 0.717) is 11.5 Å². The Hall–Kier alpha value is -2.77. The summed E-state index contributed by atoms with van der Waals surface area (Å²) < 4.78 is 25.9. The Kier molecular flexibility index (Phi) is 4.82. The van der Waals surface area contributed by atoms with Gasteiger partial charge in [0.05, 0.1) is 0 Å². The highest BCUT2D eigenvalue weighted by Gasteiger charge is 2.06. The van der Waals surface area contributed by atoms with Gasteiger partial charge in [0.2, 0.25) is 0 Å². The van der Waals surface area contributed by atoms with Crippen LogP contribution in [0.25, 0.3) is 0 Å². The number of carbonyl (C=O) groups is 1. The van der Waals surface area contributed by atoms with Gasteiger partial charge < -0.3 is 10.6 Å². The number of anilines is 3. The third kappa shape index (κ3) is 4.37. The Morgan fingerprint density at radius 3 is 2.32 bits per heavy atom. The first-order chi connectivity index (χ1) is 10.4. The molecule has 22 heavy (non-hydrogen) atoms. The fourth-order valence-corrected chi connectivity index (χ4v) is 1.60. The van der Waals surface area contributed by atoms with E-state index in [4.69, 9.17) is 0 Å². The lowest BCUT2D eigenvalue weighted by molar-refractivity contribution is 0.250.